The normalized spacial score (nSPS) is 9.86. The standard InChI is InChI=1S/C16H14ClNO2S/c1-11-14(17)6-4-7-15(11)18-16(20)12-9-13(21-10-12)5-2-3-8-19/h4,6-7,9-10,19H,3,8H2,1H3,(H,18,20). The van der Waals surface area contributed by atoms with Crippen LogP contribution >= 0.6 is 22.9 Å². The number of rotatable bonds is 3. The third-order valence-electron chi connectivity index (χ3n) is 2.83. The summed E-state index contributed by atoms with van der Waals surface area (Å²) >= 11 is 7.43. The summed E-state index contributed by atoms with van der Waals surface area (Å²) in [4.78, 5) is 13.0. The van der Waals surface area contributed by atoms with Gasteiger partial charge in [0.2, 0.25) is 0 Å². The highest BCUT2D eigenvalue weighted by Crippen LogP contribution is 2.24. The molecule has 0 fully saturated rings. The molecule has 0 saturated carbocycles. The molecule has 2 aromatic rings. The second kappa shape index (κ2) is 7.28. The van der Waals surface area contributed by atoms with E-state index in [4.69, 9.17) is 16.7 Å². The van der Waals surface area contributed by atoms with Crippen molar-refractivity contribution in [2.75, 3.05) is 11.9 Å². The van der Waals surface area contributed by atoms with Crippen LogP contribution in [0, 0.1) is 18.8 Å². The highest BCUT2D eigenvalue weighted by molar-refractivity contribution is 7.10. The van der Waals surface area contributed by atoms with E-state index < -0.39 is 0 Å². The van der Waals surface area contributed by atoms with Gasteiger partial charge in [-0.05, 0) is 30.7 Å². The molecule has 1 amide bonds. The average molecular weight is 320 g/mol. The number of aliphatic hydroxyl groups excluding tert-OH is 1. The fourth-order valence-corrected chi connectivity index (χ4v) is 2.59. The third-order valence-corrected chi connectivity index (χ3v) is 4.08. The van der Waals surface area contributed by atoms with Crippen LogP contribution in [-0.2, 0) is 0 Å². The molecule has 0 aliphatic carbocycles. The Balaban J connectivity index is 2.11. The fraction of sp³-hybridized carbons (Fsp3) is 0.188. The van der Waals surface area contributed by atoms with E-state index in [2.05, 4.69) is 17.2 Å². The molecule has 0 aliphatic heterocycles. The van der Waals surface area contributed by atoms with Crippen molar-refractivity contribution < 1.29 is 9.90 Å². The SMILES string of the molecule is Cc1c(Cl)cccc1NC(=O)c1csc(C#CCCO)c1. The van der Waals surface area contributed by atoms with Gasteiger partial charge in [0.05, 0.1) is 17.0 Å². The number of halogens is 1. The Morgan fingerprint density at radius 1 is 1.48 bits per heavy atom. The number of anilines is 1. The lowest BCUT2D eigenvalue weighted by molar-refractivity contribution is 0.102. The Hall–Kier alpha value is -1.80. The molecule has 0 spiro atoms. The number of thiophene rings is 1. The van der Waals surface area contributed by atoms with Gasteiger partial charge >= 0.3 is 0 Å². The van der Waals surface area contributed by atoms with Gasteiger partial charge in [0.25, 0.3) is 5.91 Å². The molecule has 1 heterocycles. The Labute approximate surface area is 132 Å². The predicted molar refractivity (Wildman–Crippen MR) is 87.0 cm³/mol. The van der Waals surface area contributed by atoms with Crippen molar-refractivity contribution >= 4 is 34.5 Å². The maximum absolute atomic E-state index is 12.2. The molecule has 1 aromatic heterocycles. The lowest BCUT2D eigenvalue weighted by Crippen LogP contribution is -2.11. The molecular weight excluding hydrogens is 306 g/mol. The third kappa shape index (κ3) is 4.08. The second-order valence-electron chi connectivity index (χ2n) is 4.34. The van der Waals surface area contributed by atoms with E-state index in [1.807, 2.05) is 13.0 Å². The summed E-state index contributed by atoms with van der Waals surface area (Å²) in [5.74, 6) is 5.56. The van der Waals surface area contributed by atoms with E-state index in [0.29, 0.717) is 22.7 Å². The quantitative estimate of drug-likeness (QED) is 0.848. The first kappa shape index (κ1) is 15.6. The number of hydrogen-bond acceptors (Lipinski definition) is 3. The van der Waals surface area contributed by atoms with Gasteiger partial charge in [0.15, 0.2) is 0 Å². The van der Waals surface area contributed by atoms with Gasteiger partial charge in [-0.2, -0.15) is 0 Å². The van der Waals surface area contributed by atoms with Crippen molar-refractivity contribution in [2.24, 2.45) is 0 Å². The lowest BCUT2D eigenvalue weighted by atomic mass is 10.2. The van der Waals surface area contributed by atoms with Crippen molar-refractivity contribution in [2.45, 2.75) is 13.3 Å². The van der Waals surface area contributed by atoms with E-state index in [1.54, 1.807) is 23.6 Å². The summed E-state index contributed by atoms with van der Waals surface area (Å²) in [7, 11) is 0. The van der Waals surface area contributed by atoms with Crippen LogP contribution in [0.1, 0.15) is 27.2 Å². The summed E-state index contributed by atoms with van der Waals surface area (Å²) < 4.78 is 0. The highest BCUT2D eigenvalue weighted by Gasteiger charge is 2.10. The number of nitrogens with one attached hydrogen (secondary N) is 1. The summed E-state index contributed by atoms with van der Waals surface area (Å²) in [5, 5.41) is 13.9. The van der Waals surface area contributed by atoms with Crippen LogP contribution in [0.2, 0.25) is 5.02 Å². The summed E-state index contributed by atoms with van der Waals surface area (Å²) in [6.07, 6.45) is 0.432. The zero-order chi connectivity index (χ0) is 15.2. The van der Waals surface area contributed by atoms with Gasteiger partial charge < -0.3 is 10.4 Å². The van der Waals surface area contributed by atoms with Gasteiger partial charge in [-0.3, -0.25) is 4.79 Å². The molecule has 3 nitrogen and oxygen atoms in total. The Bertz CT molecular complexity index is 713. The predicted octanol–water partition coefficient (Wildman–Crippen LogP) is 3.70. The van der Waals surface area contributed by atoms with Gasteiger partial charge in [-0.25, -0.2) is 0 Å². The molecule has 0 bridgehead atoms. The largest absolute Gasteiger partial charge is 0.395 e. The summed E-state index contributed by atoms with van der Waals surface area (Å²) in [5.41, 5.74) is 2.10. The summed E-state index contributed by atoms with van der Waals surface area (Å²) in [6, 6.07) is 7.13. The maximum Gasteiger partial charge on any atom is 0.256 e. The molecule has 0 unspecified atom stereocenters. The zero-order valence-electron chi connectivity index (χ0n) is 11.4. The number of carbonyl (C=O) groups excluding carboxylic acids is 1. The van der Waals surface area contributed by atoms with E-state index in [1.165, 1.54) is 11.3 Å². The van der Waals surface area contributed by atoms with Crippen molar-refractivity contribution in [3.05, 3.63) is 50.7 Å². The van der Waals surface area contributed by atoms with Gasteiger partial charge in [-0.15, -0.1) is 11.3 Å². The molecule has 21 heavy (non-hydrogen) atoms. The number of benzene rings is 1. The number of carbonyl (C=O) groups is 1. The van der Waals surface area contributed by atoms with E-state index in [0.717, 1.165) is 10.4 Å². The molecule has 2 N–H and O–H groups in total. The smallest absolute Gasteiger partial charge is 0.256 e. The zero-order valence-corrected chi connectivity index (χ0v) is 13.0. The first-order valence-corrected chi connectivity index (χ1v) is 7.62. The fourth-order valence-electron chi connectivity index (χ4n) is 1.66. The molecule has 0 saturated heterocycles. The Morgan fingerprint density at radius 2 is 2.29 bits per heavy atom. The van der Waals surface area contributed by atoms with Crippen LogP contribution in [0.4, 0.5) is 5.69 Å². The Kier molecular flexibility index (Phi) is 5.40. The van der Waals surface area contributed by atoms with Crippen LogP contribution in [0.15, 0.2) is 29.6 Å². The molecular formula is C16H14ClNO2S. The molecule has 108 valence electrons. The van der Waals surface area contributed by atoms with E-state index in [-0.39, 0.29) is 12.5 Å². The summed E-state index contributed by atoms with van der Waals surface area (Å²) in [6.45, 7) is 1.90. The first-order valence-electron chi connectivity index (χ1n) is 6.36. The molecule has 0 radical (unpaired) electrons. The van der Waals surface area contributed by atoms with E-state index in [9.17, 15) is 4.79 Å². The molecule has 0 aliphatic rings. The topological polar surface area (TPSA) is 49.3 Å². The van der Waals surface area contributed by atoms with Crippen LogP contribution in [0.25, 0.3) is 0 Å². The van der Waals surface area contributed by atoms with Gasteiger partial charge in [0, 0.05) is 22.5 Å². The van der Waals surface area contributed by atoms with Gasteiger partial charge in [0.1, 0.15) is 0 Å². The van der Waals surface area contributed by atoms with Crippen molar-refractivity contribution in [1.29, 1.82) is 0 Å². The monoisotopic (exact) mass is 319 g/mol. The minimum Gasteiger partial charge on any atom is -0.395 e. The van der Waals surface area contributed by atoms with Crippen molar-refractivity contribution in [1.82, 2.24) is 0 Å². The minimum atomic E-state index is -0.188. The number of hydrogen-bond donors (Lipinski definition) is 2. The number of amides is 1. The van der Waals surface area contributed by atoms with Crippen molar-refractivity contribution in [3.8, 4) is 11.8 Å². The molecule has 1 aromatic carbocycles. The first-order chi connectivity index (χ1) is 10.1. The number of aliphatic hydroxyl groups is 1. The van der Waals surface area contributed by atoms with Crippen LogP contribution in [0.5, 0.6) is 0 Å². The van der Waals surface area contributed by atoms with E-state index >= 15 is 0 Å². The van der Waals surface area contributed by atoms with Gasteiger partial charge in [-0.1, -0.05) is 29.5 Å². The van der Waals surface area contributed by atoms with Crippen LogP contribution in [-0.4, -0.2) is 17.6 Å². The molecule has 5 heteroatoms. The Morgan fingerprint density at radius 3 is 3.05 bits per heavy atom. The minimum absolute atomic E-state index is 0.0414. The highest BCUT2D eigenvalue weighted by atomic mass is 35.5. The van der Waals surface area contributed by atoms with Crippen LogP contribution < -0.4 is 5.32 Å². The average Bonchev–Trinajstić information content (AvgIpc) is 2.93. The van der Waals surface area contributed by atoms with Crippen molar-refractivity contribution in [3.63, 3.8) is 0 Å². The lowest BCUT2D eigenvalue weighted by Gasteiger charge is -2.08. The maximum atomic E-state index is 12.2. The second-order valence-corrected chi connectivity index (χ2v) is 5.66. The molecule has 2 rings (SSSR count). The molecule has 0 atom stereocenters. The van der Waals surface area contributed by atoms with Crippen LogP contribution in [0.3, 0.4) is 0 Å².